The molecule has 0 N–H and O–H groups in total. The van der Waals surface area contributed by atoms with Gasteiger partial charge in [-0.25, -0.2) is 4.98 Å². The minimum Gasteiger partial charge on any atom is -0.354 e. The van der Waals surface area contributed by atoms with Crippen molar-refractivity contribution in [3.8, 4) is 11.5 Å². The fraction of sp³-hybridized carbons (Fsp3) is 0.391. The van der Waals surface area contributed by atoms with E-state index in [4.69, 9.17) is 4.52 Å². The van der Waals surface area contributed by atoms with E-state index < -0.39 is 0 Å². The molecule has 0 unspecified atom stereocenters. The zero-order chi connectivity index (χ0) is 21.1. The lowest BCUT2D eigenvalue weighted by molar-refractivity contribution is 0.0767. The number of benzene rings is 1. The Balaban J connectivity index is 1.52. The van der Waals surface area contributed by atoms with Gasteiger partial charge in [0.25, 0.3) is 11.8 Å². The Hall–Kier alpha value is -3.22. The summed E-state index contributed by atoms with van der Waals surface area (Å²) in [5.74, 6) is 2.27. The molecule has 1 amide bonds. The topological polar surface area (TPSA) is 75.4 Å². The average molecular weight is 406 g/mol. The predicted octanol–water partition coefficient (Wildman–Crippen LogP) is 3.92. The van der Waals surface area contributed by atoms with Crippen LogP contribution >= 0.6 is 0 Å². The number of aromatic nitrogens is 3. The van der Waals surface area contributed by atoms with Gasteiger partial charge < -0.3 is 14.3 Å². The van der Waals surface area contributed by atoms with E-state index in [0.717, 1.165) is 42.0 Å². The highest BCUT2D eigenvalue weighted by molar-refractivity contribution is 5.94. The molecule has 7 heteroatoms. The van der Waals surface area contributed by atoms with E-state index in [-0.39, 0.29) is 11.8 Å². The van der Waals surface area contributed by atoms with Crippen LogP contribution in [-0.4, -0.2) is 52.1 Å². The minimum absolute atomic E-state index is 0.0802. The fourth-order valence-corrected chi connectivity index (χ4v) is 3.61. The van der Waals surface area contributed by atoms with Crippen molar-refractivity contribution in [1.29, 1.82) is 0 Å². The van der Waals surface area contributed by atoms with E-state index in [1.807, 2.05) is 62.1 Å². The Kier molecular flexibility index (Phi) is 5.79. The number of carbonyl (C=O) groups is 1. The highest BCUT2D eigenvalue weighted by Gasteiger charge is 2.24. The molecular weight excluding hydrogens is 378 g/mol. The van der Waals surface area contributed by atoms with Crippen LogP contribution in [0.4, 0.5) is 5.82 Å². The molecule has 0 radical (unpaired) electrons. The normalized spacial score (nSPS) is 14.8. The van der Waals surface area contributed by atoms with Crippen LogP contribution in [0.1, 0.15) is 47.9 Å². The first-order chi connectivity index (χ1) is 14.5. The van der Waals surface area contributed by atoms with Gasteiger partial charge in [-0.1, -0.05) is 36.7 Å². The molecule has 0 atom stereocenters. The summed E-state index contributed by atoms with van der Waals surface area (Å²) in [6.07, 6.45) is 2.65. The summed E-state index contributed by atoms with van der Waals surface area (Å²) in [6.45, 7) is 8.98. The van der Waals surface area contributed by atoms with Gasteiger partial charge in [0.05, 0.1) is 5.56 Å². The number of aryl methyl sites for hydroxylation is 1. The minimum atomic E-state index is 0.0802. The number of amides is 1. The molecule has 156 valence electrons. The van der Waals surface area contributed by atoms with Crippen molar-refractivity contribution in [3.05, 3.63) is 59.5 Å². The maximum absolute atomic E-state index is 12.9. The standard InChI is InChI=1S/C23H27N5O2/c1-16(2)20-25-22(30-26-20)19-6-4-11-24-21(19)27-12-5-13-28(15-14-27)23(29)18-9-7-17(3)8-10-18/h4,6-11,16H,5,12-15H2,1-3H3. The van der Waals surface area contributed by atoms with Crippen molar-refractivity contribution in [1.82, 2.24) is 20.0 Å². The Morgan fingerprint density at radius 3 is 2.60 bits per heavy atom. The van der Waals surface area contributed by atoms with Crippen molar-refractivity contribution >= 4 is 11.7 Å². The molecule has 1 saturated heterocycles. The SMILES string of the molecule is Cc1ccc(C(=O)N2CCCN(c3ncccc3-c3nc(C(C)C)no3)CC2)cc1. The lowest BCUT2D eigenvalue weighted by Crippen LogP contribution is -2.35. The average Bonchev–Trinajstić information content (AvgIpc) is 3.13. The number of hydrogen-bond acceptors (Lipinski definition) is 6. The van der Waals surface area contributed by atoms with Crippen LogP contribution in [0.15, 0.2) is 47.1 Å². The summed E-state index contributed by atoms with van der Waals surface area (Å²) >= 11 is 0. The molecule has 4 rings (SSSR count). The van der Waals surface area contributed by atoms with E-state index in [1.54, 1.807) is 6.20 Å². The molecular formula is C23H27N5O2. The Morgan fingerprint density at radius 1 is 1.07 bits per heavy atom. The fourth-order valence-electron chi connectivity index (χ4n) is 3.61. The zero-order valence-corrected chi connectivity index (χ0v) is 17.7. The van der Waals surface area contributed by atoms with Crippen LogP contribution < -0.4 is 4.90 Å². The van der Waals surface area contributed by atoms with Crippen LogP contribution in [0.5, 0.6) is 0 Å². The van der Waals surface area contributed by atoms with Crippen molar-refractivity contribution in [2.45, 2.75) is 33.1 Å². The Bertz CT molecular complexity index is 1010. The van der Waals surface area contributed by atoms with Crippen molar-refractivity contribution < 1.29 is 9.32 Å². The number of carbonyl (C=O) groups excluding carboxylic acids is 1. The summed E-state index contributed by atoms with van der Waals surface area (Å²) in [5, 5.41) is 4.09. The van der Waals surface area contributed by atoms with Crippen molar-refractivity contribution in [2.75, 3.05) is 31.1 Å². The van der Waals surface area contributed by atoms with Crippen molar-refractivity contribution in [2.24, 2.45) is 0 Å². The third-order valence-electron chi connectivity index (χ3n) is 5.36. The summed E-state index contributed by atoms with van der Waals surface area (Å²) in [6, 6.07) is 11.6. The smallest absolute Gasteiger partial charge is 0.261 e. The molecule has 7 nitrogen and oxygen atoms in total. The molecule has 1 aromatic carbocycles. The highest BCUT2D eigenvalue weighted by Crippen LogP contribution is 2.29. The third-order valence-corrected chi connectivity index (χ3v) is 5.36. The van der Waals surface area contributed by atoms with Crippen LogP contribution in [0.25, 0.3) is 11.5 Å². The lowest BCUT2D eigenvalue weighted by atomic mass is 10.1. The van der Waals surface area contributed by atoms with Gasteiger partial charge in [-0.15, -0.1) is 0 Å². The molecule has 0 aliphatic carbocycles. The number of pyridine rings is 1. The molecule has 2 aromatic heterocycles. The number of anilines is 1. The third kappa shape index (κ3) is 4.20. The molecule has 1 fully saturated rings. The van der Waals surface area contributed by atoms with E-state index >= 15 is 0 Å². The number of rotatable bonds is 4. The van der Waals surface area contributed by atoms with Gasteiger partial charge in [0, 0.05) is 43.9 Å². The molecule has 30 heavy (non-hydrogen) atoms. The van der Waals surface area contributed by atoms with E-state index in [9.17, 15) is 4.79 Å². The summed E-state index contributed by atoms with van der Waals surface area (Å²) in [7, 11) is 0. The van der Waals surface area contributed by atoms with Crippen LogP contribution in [-0.2, 0) is 0 Å². The van der Waals surface area contributed by atoms with E-state index in [1.165, 1.54) is 0 Å². The maximum atomic E-state index is 12.9. The van der Waals surface area contributed by atoms with Crippen LogP contribution in [0, 0.1) is 6.92 Å². The van der Waals surface area contributed by atoms with Gasteiger partial charge in [-0.2, -0.15) is 4.98 Å². The summed E-state index contributed by atoms with van der Waals surface area (Å²) in [5.41, 5.74) is 2.72. The Morgan fingerprint density at radius 2 is 1.87 bits per heavy atom. The van der Waals surface area contributed by atoms with Crippen LogP contribution in [0.3, 0.4) is 0 Å². The quantitative estimate of drug-likeness (QED) is 0.655. The largest absolute Gasteiger partial charge is 0.354 e. The van der Waals surface area contributed by atoms with Gasteiger partial charge in [0.15, 0.2) is 5.82 Å². The number of nitrogens with zero attached hydrogens (tertiary/aromatic N) is 5. The molecule has 3 heterocycles. The molecule has 1 aliphatic heterocycles. The summed E-state index contributed by atoms with van der Waals surface area (Å²) < 4.78 is 5.51. The molecule has 0 saturated carbocycles. The van der Waals surface area contributed by atoms with Crippen LogP contribution in [0.2, 0.25) is 0 Å². The molecule has 0 bridgehead atoms. The first-order valence-electron chi connectivity index (χ1n) is 10.4. The monoisotopic (exact) mass is 405 g/mol. The van der Waals surface area contributed by atoms with Crippen molar-refractivity contribution in [3.63, 3.8) is 0 Å². The zero-order valence-electron chi connectivity index (χ0n) is 17.7. The predicted molar refractivity (Wildman–Crippen MR) is 116 cm³/mol. The second-order valence-corrected chi connectivity index (χ2v) is 7.99. The van der Waals surface area contributed by atoms with Gasteiger partial charge >= 0.3 is 0 Å². The Labute approximate surface area is 176 Å². The summed E-state index contributed by atoms with van der Waals surface area (Å²) in [4.78, 5) is 26.2. The second kappa shape index (κ2) is 8.65. The maximum Gasteiger partial charge on any atom is 0.261 e. The molecule has 1 aliphatic rings. The van der Waals surface area contributed by atoms with E-state index in [0.29, 0.717) is 24.8 Å². The first kappa shape index (κ1) is 20.1. The lowest BCUT2D eigenvalue weighted by Gasteiger charge is -2.24. The first-order valence-corrected chi connectivity index (χ1v) is 10.4. The van der Waals surface area contributed by atoms with Gasteiger partial charge in [0.1, 0.15) is 5.82 Å². The van der Waals surface area contributed by atoms with E-state index in [2.05, 4.69) is 20.0 Å². The highest BCUT2D eigenvalue weighted by atomic mass is 16.5. The van der Waals surface area contributed by atoms with Gasteiger partial charge in [0.2, 0.25) is 0 Å². The molecule has 3 aromatic rings. The second-order valence-electron chi connectivity index (χ2n) is 7.99. The van der Waals surface area contributed by atoms with Gasteiger partial charge in [-0.3, -0.25) is 4.79 Å². The molecule has 0 spiro atoms. The van der Waals surface area contributed by atoms with Gasteiger partial charge in [-0.05, 0) is 37.6 Å². The number of hydrogen-bond donors (Lipinski definition) is 0.